The first-order valence-corrected chi connectivity index (χ1v) is 7.41. The van der Waals surface area contributed by atoms with Crippen LogP contribution < -0.4 is 0 Å². The summed E-state index contributed by atoms with van der Waals surface area (Å²) in [4.78, 5) is 8.83. The summed E-state index contributed by atoms with van der Waals surface area (Å²) in [6, 6.07) is 0. The molecule has 0 amide bonds. The molecule has 1 aromatic rings. The van der Waals surface area contributed by atoms with Gasteiger partial charge in [0, 0.05) is 13.1 Å². The molecule has 6 heteroatoms. The molecule has 1 unspecified atom stereocenters. The van der Waals surface area contributed by atoms with Crippen LogP contribution in [0.25, 0.3) is 0 Å². The summed E-state index contributed by atoms with van der Waals surface area (Å²) >= 11 is 0. The molecule has 0 radical (unpaired) electrons. The maximum Gasteiger partial charge on any atom is 0.240 e. The molecule has 0 saturated carbocycles. The van der Waals surface area contributed by atoms with Crippen molar-refractivity contribution in [2.75, 3.05) is 33.2 Å². The van der Waals surface area contributed by atoms with Gasteiger partial charge in [-0.3, -0.25) is 4.90 Å². The molecular formula is C14H26N4O2. The average Bonchev–Trinajstić information content (AvgIpc) is 2.76. The van der Waals surface area contributed by atoms with Crippen molar-refractivity contribution in [1.29, 1.82) is 0 Å². The molecule has 0 aromatic carbocycles. The van der Waals surface area contributed by atoms with Crippen LogP contribution in [0, 0.1) is 12.8 Å². The minimum Gasteiger partial charge on any atom is -0.392 e. The number of aliphatic hydroxyl groups is 1. The molecule has 0 aliphatic carbocycles. The summed E-state index contributed by atoms with van der Waals surface area (Å²) in [5.41, 5.74) is 0. The van der Waals surface area contributed by atoms with Gasteiger partial charge in [-0.2, -0.15) is 4.98 Å². The second kappa shape index (κ2) is 7.15. The van der Waals surface area contributed by atoms with Crippen LogP contribution in [0.4, 0.5) is 0 Å². The molecule has 2 heterocycles. The Morgan fingerprint density at radius 1 is 1.45 bits per heavy atom. The molecule has 2 rings (SSSR count). The van der Waals surface area contributed by atoms with Gasteiger partial charge in [0.25, 0.3) is 0 Å². The van der Waals surface area contributed by atoms with Crippen LogP contribution in [0.3, 0.4) is 0 Å². The van der Waals surface area contributed by atoms with E-state index in [1.165, 1.54) is 12.8 Å². The number of likely N-dealkylation sites (tertiary alicyclic amines) is 1. The molecule has 0 spiro atoms. The van der Waals surface area contributed by atoms with E-state index in [1.54, 1.807) is 0 Å². The van der Waals surface area contributed by atoms with E-state index in [0.29, 0.717) is 24.2 Å². The van der Waals surface area contributed by atoms with Crippen molar-refractivity contribution in [1.82, 2.24) is 19.9 Å². The molecule has 1 atom stereocenters. The lowest BCUT2D eigenvalue weighted by Gasteiger charge is -2.34. The number of rotatable bonds is 6. The van der Waals surface area contributed by atoms with Gasteiger partial charge in [0.15, 0.2) is 5.82 Å². The zero-order valence-corrected chi connectivity index (χ0v) is 12.7. The van der Waals surface area contributed by atoms with E-state index in [4.69, 9.17) is 4.52 Å². The second-order valence-electron chi connectivity index (χ2n) is 6.03. The first-order chi connectivity index (χ1) is 9.52. The van der Waals surface area contributed by atoms with Crippen LogP contribution in [-0.4, -0.2) is 64.4 Å². The Morgan fingerprint density at radius 2 is 2.15 bits per heavy atom. The molecular weight excluding hydrogens is 256 g/mol. The molecule has 1 saturated heterocycles. The molecule has 1 aromatic heterocycles. The number of β-amino-alcohol motifs (C(OH)–C–C–N with tert-alkyl or cyclic N) is 1. The number of piperidine rings is 1. The van der Waals surface area contributed by atoms with Gasteiger partial charge in [0.2, 0.25) is 5.89 Å². The van der Waals surface area contributed by atoms with E-state index in [2.05, 4.69) is 27.0 Å². The Hall–Kier alpha value is -0.980. The maximum absolute atomic E-state index is 9.41. The SMILES string of the molecule is Cc1noc(CN(C)CC2CCN(CC(C)O)CC2)n1. The van der Waals surface area contributed by atoms with Crippen molar-refractivity contribution >= 4 is 0 Å². The Kier molecular flexibility index (Phi) is 5.51. The molecule has 1 aliphatic heterocycles. The average molecular weight is 282 g/mol. The van der Waals surface area contributed by atoms with Crippen molar-refractivity contribution in [2.24, 2.45) is 5.92 Å². The van der Waals surface area contributed by atoms with E-state index in [0.717, 1.165) is 26.2 Å². The predicted molar refractivity (Wildman–Crippen MR) is 76.2 cm³/mol. The fourth-order valence-electron chi connectivity index (χ4n) is 2.87. The first-order valence-electron chi connectivity index (χ1n) is 7.41. The number of nitrogens with zero attached hydrogens (tertiary/aromatic N) is 4. The van der Waals surface area contributed by atoms with Crippen molar-refractivity contribution in [3.63, 3.8) is 0 Å². The van der Waals surface area contributed by atoms with Crippen LogP contribution in [-0.2, 0) is 6.54 Å². The van der Waals surface area contributed by atoms with Crippen molar-refractivity contribution in [3.05, 3.63) is 11.7 Å². The zero-order valence-electron chi connectivity index (χ0n) is 12.7. The normalized spacial score (nSPS) is 19.6. The Morgan fingerprint density at radius 3 is 2.70 bits per heavy atom. The van der Waals surface area contributed by atoms with Crippen molar-refractivity contribution in [2.45, 2.75) is 39.3 Å². The molecule has 6 nitrogen and oxygen atoms in total. The van der Waals surface area contributed by atoms with Crippen LogP contribution in [0.5, 0.6) is 0 Å². The monoisotopic (exact) mass is 282 g/mol. The Labute approximate surface area is 120 Å². The quantitative estimate of drug-likeness (QED) is 0.836. The summed E-state index contributed by atoms with van der Waals surface area (Å²) in [7, 11) is 2.10. The number of aliphatic hydroxyl groups excluding tert-OH is 1. The fourth-order valence-corrected chi connectivity index (χ4v) is 2.87. The topological polar surface area (TPSA) is 65.6 Å². The highest BCUT2D eigenvalue weighted by Crippen LogP contribution is 2.18. The van der Waals surface area contributed by atoms with Gasteiger partial charge in [0.1, 0.15) is 0 Å². The number of hydrogen-bond donors (Lipinski definition) is 1. The van der Waals surface area contributed by atoms with E-state index in [9.17, 15) is 5.11 Å². The largest absolute Gasteiger partial charge is 0.392 e. The highest BCUT2D eigenvalue weighted by molar-refractivity contribution is 4.83. The predicted octanol–water partition coefficient (Wildman–Crippen LogP) is 0.903. The van der Waals surface area contributed by atoms with Gasteiger partial charge in [-0.25, -0.2) is 0 Å². The highest BCUT2D eigenvalue weighted by atomic mass is 16.5. The Bertz CT molecular complexity index is 400. The highest BCUT2D eigenvalue weighted by Gasteiger charge is 2.21. The zero-order chi connectivity index (χ0) is 14.5. The van der Waals surface area contributed by atoms with Crippen molar-refractivity contribution < 1.29 is 9.63 Å². The molecule has 0 bridgehead atoms. The van der Waals surface area contributed by atoms with E-state index in [-0.39, 0.29) is 6.10 Å². The summed E-state index contributed by atoms with van der Waals surface area (Å²) in [6.07, 6.45) is 2.16. The molecule has 1 fully saturated rings. The third kappa shape index (κ3) is 4.85. The smallest absolute Gasteiger partial charge is 0.240 e. The van der Waals surface area contributed by atoms with E-state index < -0.39 is 0 Å². The van der Waals surface area contributed by atoms with Gasteiger partial charge in [-0.1, -0.05) is 5.16 Å². The lowest BCUT2D eigenvalue weighted by molar-refractivity contribution is 0.0908. The second-order valence-corrected chi connectivity index (χ2v) is 6.03. The minimum absolute atomic E-state index is 0.227. The van der Waals surface area contributed by atoms with Gasteiger partial charge in [-0.05, 0) is 52.7 Å². The summed E-state index contributed by atoms with van der Waals surface area (Å²) < 4.78 is 5.15. The number of hydrogen-bond acceptors (Lipinski definition) is 6. The molecule has 114 valence electrons. The molecule has 1 aliphatic rings. The Balaban J connectivity index is 1.69. The first kappa shape index (κ1) is 15.4. The lowest BCUT2D eigenvalue weighted by atomic mass is 9.96. The third-order valence-electron chi connectivity index (χ3n) is 3.77. The standard InChI is InChI=1S/C14H26N4O2/c1-11(19)8-18-6-4-13(5-7-18)9-17(3)10-14-15-12(2)16-20-14/h11,13,19H,4-10H2,1-3H3. The third-order valence-corrected chi connectivity index (χ3v) is 3.77. The van der Waals surface area contributed by atoms with Crippen LogP contribution >= 0.6 is 0 Å². The van der Waals surface area contributed by atoms with Gasteiger partial charge >= 0.3 is 0 Å². The van der Waals surface area contributed by atoms with Crippen molar-refractivity contribution in [3.8, 4) is 0 Å². The van der Waals surface area contributed by atoms with E-state index in [1.807, 2.05) is 13.8 Å². The van der Waals surface area contributed by atoms with Gasteiger partial charge < -0.3 is 14.5 Å². The fraction of sp³-hybridized carbons (Fsp3) is 0.857. The van der Waals surface area contributed by atoms with Gasteiger partial charge in [0.05, 0.1) is 12.6 Å². The van der Waals surface area contributed by atoms with Gasteiger partial charge in [-0.15, -0.1) is 0 Å². The minimum atomic E-state index is -0.227. The summed E-state index contributed by atoms with van der Waals surface area (Å²) in [5.74, 6) is 2.10. The summed E-state index contributed by atoms with van der Waals surface area (Å²) in [5, 5.41) is 13.2. The molecule has 1 N–H and O–H groups in total. The van der Waals surface area contributed by atoms with Crippen LogP contribution in [0.15, 0.2) is 4.52 Å². The summed E-state index contributed by atoms with van der Waals surface area (Å²) in [6.45, 7) is 8.44. The van der Waals surface area contributed by atoms with E-state index >= 15 is 0 Å². The maximum atomic E-state index is 9.41. The van der Waals surface area contributed by atoms with Crippen LogP contribution in [0.2, 0.25) is 0 Å². The number of aromatic nitrogens is 2. The molecule has 20 heavy (non-hydrogen) atoms. The van der Waals surface area contributed by atoms with Crippen LogP contribution in [0.1, 0.15) is 31.5 Å². The number of aryl methyl sites for hydroxylation is 1. The lowest BCUT2D eigenvalue weighted by Crippen LogP contribution is -2.40.